The van der Waals surface area contributed by atoms with Crippen molar-refractivity contribution in [3.05, 3.63) is 103 Å². The van der Waals surface area contributed by atoms with Crippen molar-refractivity contribution in [2.24, 2.45) is 11.1 Å². The Labute approximate surface area is 262 Å². The number of phenolic OH excluding ortho intramolecular Hbond substituents is 1. The number of nitrogens with two attached hydrogens (primary N) is 1. The van der Waals surface area contributed by atoms with Gasteiger partial charge in [0.15, 0.2) is 0 Å². The Morgan fingerprint density at radius 1 is 1.00 bits per heavy atom. The van der Waals surface area contributed by atoms with Gasteiger partial charge < -0.3 is 10.4 Å². The SMILES string of the molecule is NS(=O)(=O)c1ccc(NC(=O)Cn2c3c(sc2=O)C(c2ccccc2O)C2C(=O)N(c4ccc([N+](=O)[O-])cc4)C(=O)C2S3)cc1. The third kappa shape index (κ3) is 5.39. The molecule has 4 N–H and O–H groups in total. The number of carbonyl (C=O) groups is 3. The summed E-state index contributed by atoms with van der Waals surface area (Å²) in [5.74, 6) is -3.93. The lowest BCUT2D eigenvalue weighted by molar-refractivity contribution is -0.384. The first-order valence-corrected chi connectivity index (χ1v) is 16.3. The van der Waals surface area contributed by atoms with Crippen LogP contribution >= 0.6 is 23.1 Å². The highest BCUT2D eigenvalue weighted by Crippen LogP contribution is 2.55. The summed E-state index contributed by atoms with van der Waals surface area (Å²) in [6, 6.07) is 16.3. The molecule has 1 fully saturated rings. The van der Waals surface area contributed by atoms with E-state index in [0.29, 0.717) is 10.4 Å². The van der Waals surface area contributed by atoms with Gasteiger partial charge in [-0.05, 0) is 42.5 Å². The number of imide groups is 1. The number of amides is 3. The molecule has 1 aromatic heterocycles. The van der Waals surface area contributed by atoms with Gasteiger partial charge in [-0.3, -0.25) is 33.9 Å². The van der Waals surface area contributed by atoms with E-state index in [1.807, 2.05) is 0 Å². The summed E-state index contributed by atoms with van der Waals surface area (Å²) < 4.78 is 24.2. The van der Waals surface area contributed by atoms with Gasteiger partial charge in [0.25, 0.3) is 5.69 Å². The number of hydrogen-bond donors (Lipinski definition) is 3. The molecule has 3 heterocycles. The van der Waals surface area contributed by atoms with Gasteiger partial charge in [0.1, 0.15) is 17.5 Å². The number of fused-ring (bicyclic) bond motifs is 2. The molecule has 6 rings (SSSR count). The Kier molecular flexibility index (Phi) is 7.56. The lowest BCUT2D eigenvalue weighted by Gasteiger charge is -2.31. The number of benzene rings is 3. The molecule has 0 saturated carbocycles. The normalized spacial score (nSPS) is 19.2. The van der Waals surface area contributed by atoms with Crippen LogP contribution in [0.1, 0.15) is 16.4 Å². The fraction of sp³-hybridized carbons (Fsp3) is 0.143. The van der Waals surface area contributed by atoms with Gasteiger partial charge in [-0.15, -0.1) is 0 Å². The van der Waals surface area contributed by atoms with E-state index in [0.717, 1.165) is 28.0 Å². The average Bonchev–Trinajstić information content (AvgIpc) is 3.43. The van der Waals surface area contributed by atoms with Crippen molar-refractivity contribution in [3.63, 3.8) is 0 Å². The van der Waals surface area contributed by atoms with Crippen LogP contribution in [0.5, 0.6) is 5.75 Å². The summed E-state index contributed by atoms with van der Waals surface area (Å²) in [6.45, 7) is -0.465. The van der Waals surface area contributed by atoms with E-state index in [2.05, 4.69) is 5.32 Å². The number of non-ortho nitro benzene ring substituents is 1. The van der Waals surface area contributed by atoms with Crippen LogP contribution in [0.15, 0.2) is 87.5 Å². The van der Waals surface area contributed by atoms with Crippen molar-refractivity contribution in [2.45, 2.75) is 27.6 Å². The first kappa shape index (κ1) is 30.2. The molecule has 17 heteroatoms. The average molecular weight is 668 g/mol. The van der Waals surface area contributed by atoms with Gasteiger partial charge >= 0.3 is 4.87 Å². The van der Waals surface area contributed by atoms with Gasteiger partial charge in [-0.25, -0.2) is 18.5 Å². The molecule has 0 aliphatic carbocycles. The largest absolute Gasteiger partial charge is 0.508 e. The summed E-state index contributed by atoms with van der Waals surface area (Å²) in [6.07, 6.45) is 0. The predicted molar refractivity (Wildman–Crippen MR) is 164 cm³/mol. The summed E-state index contributed by atoms with van der Waals surface area (Å²) >= 11 is 1.76. The van der Waals surface area contributed by atoms with Crippen molar-refractivity contribution in [2.75, 3.05) is 10.2 Å². The van der Waals surface area contributed by atoms with Crippen LogP contribution < -0.4 is 20.2 Å². The molecule has 45 heavy (non-hydrogen) atoms. The summed E-state index contributed by atoms with van der Waals surface area (Å²) in [5, 5.41) is 28.9. The molecule has 4 aromatic rings. The number of phenols is 1. The van der Waals surface area contributed by atoms with Gasteiger partial charge in [-0.2, -0.15) is 0 Å². The Morgan fingerprint density at radius 2 is 1.67 bits per heavy atom. The highest BCUT2D eigenvalue weighted by atomic mass is 32.2. The van der Waals surface area contributed by atoms with Crippen LogP contribution in [-0.2, 0) is 31.0 Å². The number of sulfonamides is 1. The molecule has 3 aromatic carbocycles. The number of primary sulfonamides is 1. The molecule has 1 saturated heterocycles. The number of aromatic hydroxyl groups is 1. The Bertz CT molecular complexity index is 2060. The molecular weight excluding hydrogens is 647 g/mol. The molecule has 3 unspecified atom stereocenters. The Hall–Kier alpha value is -4.84. The van der Waals surface area contributed by atoms with Gasteiger partial charge in [0.05, 0.1) is 26.5 Å². The maximum Gasteiger partial charge on any atom is 0.308 e. The molecule has 0 spiro atoms. The monoisotopic (exact) mass is 667 g/mol. The topological polar surface area (TPSA) is 212 Å². The number of anilines is 2. The molecule has 3 atom stereocenters. The number of hydrogen-bond acceptors (Lipinski definition) is 11. The zero-order chi connectivity index (χ0) is 32.2. The number of thiazole rings is 1. The number of nitrogens with one attached hydrogen (secondary N) is 1. The van der Waals surface area contributed by atoms with Crippen LogP contribution in [0.3, 0.4) is 0 Å². The Morgan fingerprint density at radius 3 is 2.29 bits per heavy atom. The molecular formula is C28H21N5O9S3. The van der Waals surface area contributed by atoms with Gasteiger partial charge in [0, 0.05) is 34.2 Å². The molecule has 2 aliphatic rings. The number of nitrogens with zero attached hydrogens (tertiary/aromatic N) is 3. The molecule has 3 amide bonds. The molecule has 0 radical (unpaired) electrons. The lowest BCUT2D eigenvalue weighted by Crippen LogP contribution is -2.33. The van der Waals surface area contributed by atoms with Crippen molar-refractivity contribution in [3.8, 4) is 5.75 Å². The zero-order valence-corrected chi connectivity index (χ0v) is 25.2. The van der Waals surface area contributed by atoms with Gasteiger partial charge in [-0.1, -0.05) is 41.3 Å². The first-order chi connectivity index (χ1) is 21.3. The Balaban J connectivity index is 1.37. The highest BCUT2D eigenvalue weighted by Gasteiger charge is 2.57. The van der Waals surface area contributed by atoms with Crippen molar-refractivity contribution in [1.29, 1.82) is 0 Å². The van der Waals surface area contributed by atoms with E-state index in [9.17, 15) is 42.8 Å². The van der Waals surface area contributed by atoms with Crippen molar-refractivity contribution < 1.29 is 32.8 Å². The van der Waals surface area contributed by atoms with E-state index >= 15 is 0 Å². The highest BCUT2D eigenvalue weighted by molar-refractivity contribution is 8.00. The van der Waals surface area contributed by atoms with Crippen LogP contribution in [0.4, 0.5) is 17.1 Å². The number of para-hydroxylation sites is 1. The zero-order valence-electron chi connectivity index (χ0n) is 22.7. The number of nitro benzene ring substituents is 1. The second-order valence-electron chi connectivity index (χ2n) is 10.1. The van der Waals surface area contributed by atoms with E-state index in [4.69, 9.17) is 5.14 Å². The van der Waals surface area contributed by atoms with E-state index in [1.165, 1.54) is 59.2 Å². The fourth-order valence-electron chi connectivity index (χ4n) is 5.39. The molecule has 230 valence electrons. The van der Waals surface area contributed by atoms with E-state index in [1.54, 1.807) is 18.2 Å². The maximum absolute atomic E-state index is 13.9. The minimum atomic E-state index is -3.94. The summed E-state index contributed by atoms with van der Waals surface area (Å²) in [4.78, 5) is 65.2. The molecule has 14 nitrogen and oxygen atoms in total. The fourth-order valence-corrected chi connectivity index (χ4v) is 8.67. The van der Waals surface area contributed by atoms with Crippen molar-refractivity contribution >= 4 is 67.9 Å². The van der Waals surface area contributed by atoms with Gasteiger partial charge in [0.2, 0.25) is 27.7 Å². The molecule has 2 aliphatic heterocycles. The van der Waals surface area contributed by atoms with Crippen molar-refractivity contribution in [1.82, 2.24) is 4.57 Å². The van der Waals surface area contributed by atoms with Crippen LogP contribution in [0.2, 0.25) is 0 Å². The van der Waals surface area contributed by atoms with E-state index in [-0.39, 0.29) is 32.7 Å². The summed E-state index contributed by atoms with van der Waals surface area (Å²) in [7, 11) is -3.94. The second kappa shape index (κ2) is 11.3. The summed E-state index contributed by atoms with van der Waals surface area (Å²) in [5.41, 5.74) is 0.477. The first-order valence-electron chi connectivity index (χ1n) is 13.1. The quantitative estimate of drug-likeness (QED) is 0.149. The number of thioether (sulfide) groups is 1. The minimum Gasteiger partial charge on any atom is -0.508 e. The maximum atomic E-state index is 13.9. The van der Waals surface area contributed by atoms with E-state index < -0.39 is 61.2 Å². The lowest BCUT2D eigenvalue weighted by atomic mass is 9.82. The second-order valence-corrected chi connectivity index (χ2v) is 13.8. The third-order valence-electron chi connectivity index (χ3n) is 7.41. The standard InChI is InChI=1S/C28H21N5O9S3/c29-45(41,42)17-11-5-14(6-12-17)30-20(35)13-31-27-24(44-28(31)38)21(18-3-1-2-4-19(18)34)22-23(43-27)26(37)32(25(22)36)15-7-9-16(10-8-15)33(39)40/h1-12,21-23,34H,13H2,(H,30,35)(H2,29,41,42). The van der Waals surface area contributed by atoms with Crippen LogP contribution in [0, 0.1) is 16.0 Å². The number of carbonyl (C=O) groups excluding carboxylic acids is 3. The minimum absolute atomic E-state index is 0.134. The smallest absolute Gasteiger partial charge is 0.308 e. The number of nitro groups is 1. The van der Waals surface area contributed by atoms with Crippen LogP contribution in [0.25, 0.3) is 0 Å². The molecule has 0 bridgehead atoms. The predicted octanol–water partition coefficient (Wildman–Crippen LogP) is 2.61. The van der Waals surface area contributed by atoms with Crippen LogP contribution in [-0.4, -0.2) is 46.0 Å². The number of rotatable bonds is 7. The number of aromatic nitrogens is 1. The third-order valence-corrected chi connectivity index (χ3v) is 10.9.